The molecule has 1 aromatic carbocycles. The molecule has 88 valence electrons. The second-order valence-electron chi connectivity index (χ2n) is 3.59. The van der Waals surface area contributed by atoms with Crippen LogP contribution in [0.2, 0.25) is 0 Å². The zero-order valence-electron chi connectivity index (χ0n) is 9.72. The maximum atomic E-state index is 12.8. The summed E-state index contributed by atoms with van der Waals surface area (Å²) in [5, 5.41) is 0. The number of hydrogen-bond acceptors (Lipinski definition) is 3. The summed E-state index contributed by atoms with van der Waals surface area (Å²) in [5.74, 6) is 0.330. The minimum absolute atomic E-state index is 0.241. The molecule has 3 nitrogen and oxygen atoms in total. The van der Waals surface area contributed by atoms with Crippen molar-refractivity contribution in [2.75, 3.05) is 19.1 Å². The molecule has 1 heterocycles. The number of benzene rings is 1. The molecule has 0 bridgehead atoms. The minimum Gasteiger partial charge on any atom is -0.481 e. The normalized spacial score (nSPS) is 10.1. The zero-order chi connectivity index (χ0) is 12.3. The summed E-state index contributed by atoms with van der Waals surface area (Å²) in [6.45, 7) is 0. The van der Waals surface area contributed by atoms with Gasteiger partial charge in [-0.05, 0) is 30.3 Å². The first kappa shape index (κ1) is 11.4. The highest BCUT2D eigenvalue weighted by atomic mass is 19.1. The van der Waals surface area contributed by atoms with Crippen LogP contribution in [0.3, 0.4) is 0 Å². The lowest BCUT2D eigenvalue weighted by Gasteiger charge is -2.19. The quantitative estimate of drug-likeness (QED) is 0.813. The van der Waals surface area contributed by atoms with Crippen molar-refractivity contribution in [3.8, 4) is 5.88 Å². The van der Waals surface area contributed by atoms with E-state index in [4.69, 9.17) is 4.74 Å². The van der Waals surface area contributed by atoms with Crippen LogP contribution < -0.4 is 9.64 Å². The Hall–Kier alpha value is -2.10. The van der Waals surface area contributed by atoms with E-state index in [0.29, 0.717) is 5.88 Å². The van der Waals surface area contributed by atoms with Gasteiger partial charge < -0.3 is 9.64 Å². The summed E-state index contributed by atoms with van der Waals surface area (Å²) >= 11 is 0. The molecule has 0 fully saturated rings. The van der Waals surface area contributed by atoms with Crippen LogP contribution in [0.5, 0.6) is 5.88 Å². The highest BCUT2D eigenvalue weighted by molar-refractivity contribution is 5.61. The predicted molar refractivity (Wildman–Crippen MR) is 65.3 cm³/mol. The first-order valence-corrected chi connectivity index (χ1v) is 5.20. The first-order chi connectivity index (χ1) is 8.20. The van der Waals surface area contributed by atoms with Crippen LogP contribution >= 0.6 is 0 Å². The molecule has 0 radical (unpaired) electrons. The van der Waals surface area contributed by atoms with Crippen LogP contribution in [-0.2, 0) is 0 Å². The molecule has 0 atom stereocenters. The highest BCUT2D eigenvalue weighted by Gasteiger charge is 2.04. The van der Waals surface area contributed by atoms with Crippen molar-refractivity contribution in [2.45, 2.75) is 0 Å². The van der Waals surface area contributed by atoms with Crippen molar-refractivity contribution in [3.05, 3.63) is 48.4 Å². The van der Waals surface area contributed by atoms with Gasteiger partial charge in [-0.15, -0.1) is 0 Å². The van der Waals surface area contributed by atoms with Gasteiger partial charge in [-0.25, -0.2) is 9.37 Å². The molecular formula is C13H13FN2O. The van der Waals surface area contributed by atoms with E-state index in [1.807, 2.05) is 18.0 Å². The highest BCUT2D eigenvalue weighted by Crippen LogP contribution is 2.23. The van der Waals surface area contributed by atoms with Crippen LogP contribution in [-0.4, -0.2) is 19.1 Å². The Morgan fingerprint density at radius 2 is 1.71 bits per heavy atom. The number of methoxy groups -OCH3 is 1. The number of rotatable bonds is 3. The molecule has 0 aliphatic rings. The van der Waals surface area contributed by atoms with E-state index in [1.165, 1.54) is 12.1 Å². The number of aromatic nitrogens is 1. The summed E-state index contributed by atoms with van der Waals surface area (Å²) in [4.78, 5) is 6.05. The number of ether oxygens (including phenoxy) is 1. The fourth-order valence-corrected chi connectivity index (χ4v) is 1.51. The molecule has 0 saturated heterocycles. The standard InChI is InChI=1S/C13H13FN2O/c1-16(11-5-3-10(14)4-6-11)12-7-8-13(17-2)15-9-12/h3-9H,1-2H3. The predicted octanol–water partition coefficient (Wildman–Crippen LogP) is 3.00. The van der Waals surface area contributed by atoms with Crippen molar-refractivity contribution >= 4 is 11.4 Å². The topological polar surface area (TPSA) is 25.4 Å². The summed E-state index contributed by atoms with van der Waals surface area (Å²) < 4.78 is 17.8. The van der Waals surface area contributed by atoms with Crippen LogP contribution in [0.15, 0.2) is 42.6 Å². The SMILES string of the molecule is COc1ccc(N(C)c2ccc(F)cc2)cn1. The molecule has 4 heteroatoms. The third kappa shape index (κ3) is 2.53. The number of nitrogens with zero attached hydrogens (tertiary/aromatic N) is 2. The monoisotopic (exact) mass is 232 g/mol. The van der Waals surface area contributed by atoms with Crippen LogP contribution in [0, 0.1) is 5.82 Å². The molecule has 0 aliphatic carbocycles. The molecule has 2 rings (SSSR count). The van der Waals surface area contributed by atoms with E-state index in [1.54, 1.807) is 31.5 Å². The van der Waals surface area contributed by atoms with Gasteiger partial charge in [-0.2, -0.15) is 0 Å². The Kier molecular flexibility index (Phi) is 3.23. The maximum Gasteiger partial charge on any atom is 0.213 e. The lowest BCUT2D eigenvalue weighted by Crippen LogP contribution is -2.09. The lowest BCUT2D eigenvalue weighted by molar-refractivity contribution is 0.398. The molecule has 0 unspecified atom stereocenters. The Balaban J connectivity index is 2.23. The average Bonchev–Trinajstić information content (AvgIpc) is 2.39. The number of anilines is 2. The molecule has 0 aliphatic heterocycles. The van der Waals surface area contributed by atoms with Gasteiger partial charge >= 0.3 is 0 Å². The molecule has 2 aromatic rings. The van der Waals surface area contributed by atoms with Gasteiger partial charge in [-0.3, -0.25) is 0 Å². The van der Waals surface area contributed by atoms with Crippen molar-refractivity contribution in [1.82, 2.24) is 4.98 Å². The van der Waals surface area contributed by atoms with E-state index in [9.17, 15) is 4.39 Å². The summed E-state index contributed by atoms with van der Waals surface area (Å²) in [7, 11) is 3.47. The zero-order valence-corrected chi connectivity index (χ0v) is 9.72. The van der Waals surface area contributed by atoms with Gasteiger partial charge in [0.15, 0.2) is 0 Å². The third-order valence-corrected chi connectivity index (χ3v) is 2.53. The van der Waals surface area contributed by atoms with Crippen LogP contribution in [0.4, 0.5) is 15.8 Å². The van der Waals surface area contributed by atoms with Crippen molar-refractivity contribution in [1.29, 1.82) is 0 Å². The van der Waals surface area contributed by atoms with E-state index >= 15 is 0 Å². The average molecular weight is 232 g/mol. The lowest BCUT2D eigenvalue weighted by atomic mass is 10.2. The van der Waals surface area contributed by atoms with Crippen LogP contribution in [0.1, 0.15) is 0 Å². The molecule has 0 amide bonds. The Labute approximate surface area is 99.5 Å². The number of hydrogen-bond donors (Lipinski definition) is 0. The van der Waals surface area contributed by atoms with Crippen molar-refractivity contribution in [2.24, 2.45) is 0 Å². The van der Waals surface area contributed by atoms with Gasteiger partial charge in [0.25, 0.3) is 0 Å². The van der Waals surface area contributed by atoms with Crippen molar-refractivity contribution < 1.29 is 9.13 Å². The largest absolute Gasteiger partial charge is 0.481 e. The molecule has 0 N–H and O–H groups in total. The van der Waals surface area contributed by atoms with Gasteiger partial charge in [0, 0.05) is 18.8 Å². The van der Waals surface area contributed by atoms with E-state index in [2.05, 4.69) is 4.98 Å². The maximum absolute atomic E-state index is 12.8. The fourth-order valence-electron chi connectivity index (χ4n) is 1.51. The second-order valence-corrected chi connectivity index (χ2v) is 3.59. The first-order valence-electron chi connectivity index (χ1n) is 5.20. The summed E-state index contributed by atoms with van der Waals surface area (Å²) in [5.41, 5.74) is 1.82. The smallest absolute Gasteiger partial charge is 0.213 e. The van der Waals surface area contributed by atoms with Gasteiger partial charge in [0.05, 0.1) is 19.0 Å². The Morgan fingerprint density at radius 1 is 1.06 bits per heavy atom. The molecule has 0 saturated carbocycles. The molecule has 1 aromatic heterocycles. The summed E-state index contributed by atoms with van der Waals surface area (Å²) in [6, 6.07) is 10.00. The van der Waals surface area contributed by atoms with Gasteiger partial charge in [-0.1, -0.05) is 0 Å². The van der Waals surface area contributed by atoms with Crippen LogP contribution in [0.25, 0.3) is 0 Å². The van der Waals surface area contributed by atoms with Gasteiger partial charge in [0.1, 0.15) is 5.82 Å². The molecular weight excluding hydrogens is 219 g/mol. The molecule has 17 heavy (non-hydrogen) atoms. The Bertz CT molecular complexity index is 482. The van der Waals surface area contributed by atoms with E-state index in [-0.39, 0.29) is 5.82 Å². The Morgan fingerprint density at radius 3 is 2.24 bits per heavy atom. The van der Waals surface area contributed by atoms with E-state index in [0.717, 1.165) is 11.4 Å². The molecule has 0 spiro atoms. The number of pyridine rings is 1. The summed E-state index contributed by atoms with van der Waals surface area (Å²) in [6.07, 6.45) is 1.71. The third-order valence-electron chi connectivity index (χ3n) is 2.53. The second kappa shape index (κ2) is 4.82. The van der Waals surface area contributed by atoms with Crippen molar-refractivity contribution in [3.63, 3.8) is 0 Å². The van der Waals surface area contributed by atoms with Gasteiger partial charge in [0.2, 0.25) is 5.88 Å². The fraction of sp³-hybridized carbons (Fsp3) is 0.154. The van der Waals surface area contributed by atoms with E-state index < -0.39 is 0 Å². The minimum atomic E-state index is -0.241. The number of halogens is 1.